The fraction of sp³-hybridized carbons (Fsp3) is 0.167. The quantitative estimate of drug-likeness (QED) is 0.437. The van der Waals surface area contributed by atoms with Crippen LogP contribution in [0.25, 0.3) is 33.2 Å². The Bertz CT molecular complexity index is 1440. The minimum Gasteiger partial charge on any atom is -0.497 e. The van der Waals surface area contributed by atoms with Crippen molar-refractivity contribution in [3.05, 3.63) is 72.1 Å². The van der Waals surface area contributed by atoms with Crippen molar-refractivity contribution < 1.29 is 13.9 Å². The molecule has 0 bridgehead atoms. The molecule has 0 fully saturated rings. The highest BCUT2D eigenvalue weighted by Gasteiger charge is 2.25. The molecule has 0 aliphatic carbocycles. The second kappa shape index (κ2) is 6.84. The van der Waals surface area contributed by atoms with Gasteiger partial charge in [0, 0.05) is 29.4 Å². The van der Waals surface area contributed by atoms with Crippen LogP contribution in [0.15, 0.2) is 54.9 Å². The Morgan fingerprint density at radius 3 is 2.97 bits per heavy atom. The zero-order valence-electron chi connectivity index (χ0n) is 16.8. The lowest BCUT2D eigenvalue weighted by Crippen LogP contribution is -2.20. The summed E-state index contributed by atoms with van der Waals surface area (Å²) >= 11 is 0. The topological polar surface area (TPSA) is 75.8 Å². The molecule has 0 amide bonds. The summed E-state index contributed by atoms with van der Waals surface area (Å²) in [5.74, 6) is 2.21. The molecule has 1 aliphatic rings. The number of fused-ring (bicyclic) bond motifs is 3. The second-order valence-corrected chi connectivity index (χ2v) is 7.76. The molecule has 0 radical (unpaired) electrons. The van der Waals surface area contributed by atoms with Crippen molar-refractivity contribution in [2.75, 3.05) is 13.7 Å². The molecule has 2 N–H and O–H groups in total. The molecular weight excluding hydrogens is 395 g/mol. The van der Waals surface area contributed by atoms with Gasteiger partial charge in [-0.25, -0.2) is 14.4 Å². The summed E-state index contributed by atoms with van der Waals surface area (Å²) in [5.41, 5.74) is 4.50. The summed E-state index contributed by atoms with van der Waals surface area (Å²) in [6.07, 6.45) is 4.26. The molecule has 31 heavy (non-hydrogen) atoms. The Hall–Kier alpha value is -3.87. The average Bonchev–Trinajstić information content (AvgIpc) is 3.44. The molecule has 6 rings (SSSR count). The maximum Gasteiger partial charge on any atom is 0.137 e. The van der Waals surface area contributed by atoms with Crippen LogP contribution in [-0.2, 0) is 6.42 Å². The van der Waals surface area contributed by atoms with Gasteiger partial charge < -0.3 is 19.4 Å². The van der Waals surface area contributed by atoms with Gasteiger partial charge in [0.1, 0.15) is 28.8 Å². The van der Waals surface area contributed by atoms with Gasteiger partial charge in [0.25, 0.3) is 0 Å². The van der Waals surface area contributed by atoms with E-state index in [1.807, 2.05) is 30.3 Å². The summed E-state index contributed by atoms with van der Waals surface area (Å²) in [5, 5.41) is 0.878. The van der Waals surface area contributed by atoms with Crippen molar-refractivity contribution in [3.63, 3.8) is 0 Å². The molecular formula is C24H19FN4O2. The number of H-pyrrole nitrogens is 2. The minimum atomic E-state index is -0.300. The van der Waals surface area contributed by atoms with Gasteiger partial charge in [-0.1, -0.05) is 0 Å². The Morgan fingerprint density at radius 2 is 2.06 bits per heavy atom. The molecule has 154 valence electrons. The van der Waals surface area contributed by atoms with Gasteiger partial charge >= 0.3 is 0 Å². The number of imidazole rings is 1. The Labute approximate surface area is 177 Å². The predicted octanol–water partition coefficient (Wildman–Crippen LogP) is 4.97. The van der Waals surface area contributed by atoms with Gasteiger partial charge in [-0.3, -0.25) is 0 Å². The second-order valence-electron chi connectivity index (χ2n) is 7.76. The van der Waals surface area contributed by atoms with E-state index in [0.29, 0.717) is 17.7 Å². The van der Waals surface area contributed by atoms with Gasteiger partial charge in [0.15, 0.2) is 0 Å². The summed E-state index contributed by atoms with van der Waals surface area (Å²) in [6, 6.07) is 12.9. The molecule has 0 saturated heterocycles. The fourth-order valence-electron chi connectivity index (χ4n) is 4.32. The minimum absolute atomic E-state index is 0.0517. The van der Waals surface area contributed by atoms with Gasteiger partial charge in [-0.15, -0.1) is 0 Å². The number of methoxy groups -OCH3 is 1. The average molecular weight is 414 g/mol. The van der Waals surface area contributed by atoms with Crippen LogP contribution in [0.5, 0.6) is 11.5 Å². The Morgan fingerprint density at radius 1 is 1.13 bits per heavy atom. The van der Waals surface area contributed by atoms with Crippen molar-refractivity contribution in [1.29, 1.82) is 0 Å². The van der Waals surface area contributed by atoms with Crippen molar-refractivity contribution >= 4 is 22.1 Å². The fourth-order valence-corrected chi connectivity index (χ4v) is 4.32. The molecule has 4 heterocycles. The third kappa shape index (κ3) is 2.92. The van der Waals surface area contributed by atoms with Gasteiger partial charge in [0.2, 0.25) is 0 Å². The number of nitrogens with zero attached hydrogens (tertiary/aromatic N) is 2. The number of halogens is 1. The van der Waals surface area contributed by atoms with E-state index in [-0.39, 0.29) is 11.7 Å². The van der Waals surface area contributed by atoms with E-state index in [2.05, 4.69) is 15.0 Å². The first-order valence-electron chi connectivity index (χ1n) is 10.1. The largest absolute Gasteiger partial charge is 0.497 e. The number of benzene rings is 2. The zero-order chi connectivity index (χ0) is 20.9. The highest BCUT2D eigenvalue weighted by atomic mass is 19.1. The van der Waals surface area contributed by atoms with Crippen LogP contribution in [0.2, 0.25) is 0 Å². The molecule has 1 aliphatic heterocycles. The van der Waals surface area contributed by atoms with Crippen LogP contribution < -0.4 is 9.47 Å². The van der Waals surface area contributed by atoms with Gasteiger partial charge in [-0.2, -0.15) is 0 Å². The number of ether oxygens (including phenoxy) is 2. The standard InChI is InChI=1S/C24H19FN4O2/c1-30-15-2-3-22-13(9-15)8-14(12-31-22)23-28-20-10-18(19(25)11-21(20)29-23)16-4-6-26-24-17(16)5-7-27-24/h2-7,9-11,14H,8,12H2,1H3,(H,26,27)(H,28,29)/t14-/m1/s1. The highest BCUT2D eigenvalue weighted by Crippen LogP contribution is 2.36. The summed E-state index contributed by atoms with van der Waals surface area (Å²) in [7, 11) is 1.65. The monoisotopic (exact) mass is 414 g/mol. The molecule has 5 aromatic rings. The predicted molar refractivity (Wildman–Crippen MR) is 116 cm³/mol. The van der Waals surface area contributed by atoms with Crippen molar-refractivity contribution in [2.24, 2.45) is 0 Å². The first-order chi connectivity index (χ1) is 15.2. The molecule has 0 saturated carbocycles. The lowest BCUT2D eigenvalue weighted by atomic mass is 9.96. The lowest BCUT2D eigenvalue weighted by molar-refractivity contribution is 0.257. The smallest absolute Gasteiger partial charge is 0.137 e. The number of aromatic nitrogens is 4. The number of nitrogens with one attached hydrogen (secondary N) is 2. The summed E-state index contributed by atoms with van der Waals surface area (Å²) in [6.45, 7) is 0.517. The molecule has 0 spiro atoms. The van der Waals surface area contributed by atoms with Crippen molar-refractivity contribution in [2.45, 2.75) is 12.3 Å². The van der Waals surface area contributed by atoms with Crippen molar-refractivity contribution in [3.8, 4) is 22.6 Å². The van der Waals surface area contributed by atoms with Gasteiger partial charge in [0.05, 0.1) is 30.7 Å². The molecule has 0 unspecified atom stereocenters. The van der Waals surface area contributed by atoms with Crippen LogP contribution >= 0.6 is 0 Å². The molecule has 1 atom stereocenters. The summed E-state index contributed by atoms with van der Waals surface area (Å²) in [4.78, 5) is 15.4. The molecule has 2 aromatic carbocycles. The van der Waals surface area contributed by atoms with Crippen LogP contribution in [0, 0.1) is 5.82 Å². The number of aromatic amines is 2. The highest BCUT2D eigenvalue weighted by molar-refractivity contribution is 5.95. The maximum atomic E-state index is 15.1. The molecule has 7 heteroatoms. The van der Waals surface area contributed by atoms with Crippen molar-refractivity contribution in [1.82, 2.24) is 19.9 Å². The Kier molecular flexibility index (Phi) is 3.96. The normalized spacial score (nSPS) is 15.7. The third-order valence-electron chi connectivity index (χ3n) is 5.90. The third-order valence-corrected chi connectivity index (χ3v) is 5.90. The Balaban J connectivity index is 1.39. The first kappa shape index (κ1) is 17.9. The zero-order valence-corrected chi connectivity index (χ0v) is 16.8. The lowest BCUT2D eigenvalue weighted by Gasteiger charge is -2.24. The number of pyridine rings is 1. The van der Waals surface area contributed by atoms with Gasteiger partial charge in [-0.05, 0) is 53.9 Å². The van der Waals surface area contributed by atoms with Crippen LogP contribution in [0.1, 0.15) is 17.3 Å². The number of rotatable bonds is 3. The van der Waals surface area contributed by atoms with Crippen LogP contribution in [0.3, 0.4) is 0 Å². The number of hydrogen-bond acceptors (Lipinski definition) is 4. The number of hydrogen-bond donors (Lipinski definition) is 2. The molecule has 3 aromatic heterocycles. The van der Waals surface area contributed by atoms with Crippen LogP contribution in [0.4, 0.5) is 4.39 Å². The molecule has 6 nitrogen and oxygen atoms in total. The van der Waals surface area contributed by atoms with Crippen LogP contribution in [-0.4, -0.2) is 33.7 Å². The van der Waals surface area contributed by atoms with E-state index in [9.17, 15) is 0 Å². The first-order valence-corrected chi connectivity index (χ1v) is 10.1. The van der Waals surface area contributed by atoms with E-state index in [4.69, 9.17) is 14.5 Å². The van der Waals surface area contributed by atoms with E-state index in [0.717, 1.165) is 51.4 Å². The van der Waals surface area contributed by atoms with E-state index >= 15 is 4.39 Å². The maximum absolute atomic E-state index is 15.1. The summed E-state index contributed by atoms with van der Waals surface area (Å²) < 4.78 is 26.3. The van der Waals surface area contributed by atoms with E-state index in [1.54, 1.807) is 25.6 Å². The SMILES string of the molecule is COc1ccc2c(c1)C[C@@H](c1nc3cc(-c4ccnc5[nH]ccc45)c(F)cc3[nH]1)CO2. The van der Waals surface area contributed by atoms with E-state index < -0.39 is 0 Å². The van der Waals surface area contributed by atoms with E-state index in [1.165, 1.54) is 6.07 Å².